The SMILES string of the molecule is CC(=O)Nc1ccc2nc(NC(=S)NC(=O)c3ccc(C(C)C)cc3)oc2c1. The number of aromatic nitrogens is 1. The molecule has 8 heteroatoms. The van der Waals surface area contributed by atoms with Gasteiger partial charge in [-0.3, -0.25) is 20.2 Å². The largest absolute Gasteiger partial charge is 0.423 e. The van der Waals surface area contributed by atoms with E-state index in [9.17, 15) is 9.59 Å². The fraction of sp³-hybridized carbons (Fsp3) is 0.200. The molecule has 0 spiro atoms. The molecule has 0 fully saturated rings. The molecule has 0 radical (unpaired) electrons. The van der Waals surface area contributed by atoms with Crippen LogP contribution >= 0.6 is 12.2 Å². The molecule has 0 aliphatic rings. The van der Waals surface area contributed by atoms with Gasteiger partial charge in [0.05, 0.1) is 0 Å². The Morgan fingerprint density at radius 1 is 1.07 bits per heavy atom. The molecule has 2 aromatic carbocycles. The molecule has 28 heavy (non-hydrogen) atoms. The summed E-state index contributed by atoms with van der Waals surface area (Å²) in [5.74, 6) is -0.107. The van der Waals surface area contributed by atoms with Crippen LogP contribution in [-0.2, 0) is 4.79 Å². The first kappa shape index (κ1) is 19.5. The van der Waals surface area contributed by atoms with E-state index in [-0.39, 0.29) is 22.9 Å². The van der Waals surface area contributed by atoms with Gasteiger partial charge in [0.2, 0.25) is 5.91 Å². The van der Waals surface area contributed by atoms with Gasteiger partial charge in [-0.1, -0.05) is 26.0 Å². The van der Waals surface area contributed by atoms with Gasteiger partial charge in [-0.15, -0.1) is 0 Å². The first-order valence-electron chi connectivity index (χ1n) is 8.72. The number of nitrogens with one attached hydrogen (secondary N) is 3. The molecule has 2 amide bonds. The topological polar surface area (TPSA) is 96.3 Å². The maximum atomic E-state index is 12.3. The lowest BCUT2D eigenvalue weighted by Crippen LogP contribution is -2.34. The summed E-state index contributed by atoms with van der Waals surface area (Å²) in [5.41, 5.74) is 3.33. The monoisotopic (exact) mass is 396 g/mol. The predicted molar refractivity (Wildman–Crippen MR) is 113 cm³/mol. The molecule has 0 saturated heterocycles. The van der Waals surface area contributed by atoms with Gasteiger partial charge < -0.3 is 9.73 Å². The maximum absolute atomic E-state index is 12.3. The van der Waals surface area contributed by atoms with Crippen LogP contribution in [0, 0.1) is 0 Å². The van der Waals surface area contributed by atoms with Gasteiger partial charge in [0.1, 0.15) is 5.52 Å². The number of carbonyl (C=O) groups is 2. The summed E-state index contributed by atoms with van der Waals surface area (Å²) in [6.45, 7) is 5.61. The Morgan fingerprint density at radius 2 is 1.79 bits per heavy atom. The summed E-state index contributed by atoms with van der Waals surface area (Å²) in [7, 11) is 0. The highest BCUT2D eigenvalue weighted by Crippen LogP contribution is 2.22. The number of hydrogen-bond acceptors (Lipinski definition) is 5. The Balaban J connectivity index is 1.65. The van der Waals surface area contributed by atoms with Crippen LogP contribution in [0.3, 0.4) is 0 Å². The van der Waals surface area contributed by atoms with E-state index in [0.717, 1.165) is 5.56 Å². The quantitative estimate of drug-likeness (QED) is 0.576. The van der Waals surface area contributed by atoms with E-state index in [1.165, 1.54) is 6.92 Å². The van der Waals surface area contributed by atoms with E-state index >= 15 is 0 Å². The van der Waals surface area contributed by atoms with E-state index in [0.29, 0.717) is 28.3 Å². The fourth-order valence-electron chi connectivity index (χ4n) is 2.58. The Hall–Kier alpha value is -3.26. The second kappa shape index (κ2) is 8.18. The highest BCUT2D eigenvalue weighted by Gasteiger charge is 2.12. The van der Waals surface area contributed by atoms with E-state index in [2.05, 4.69) is 34.8 Å². The van der Waals surface area contributed by atoms with E-state index in [1.807, 2.05) is 12.1 Å². The van der Waals surface area contributed by atoms with Crippen LogP contribution in [0.4, 0.5) is 11.7 Å². The molecule has 1 heterocycles. The molecule has 144 valence electrons. The molecule has 0 aliphatic carbocycles. The minimum absolute atomic E-state index is 0.0755. The molecule has 0 bridgehead atoms. The zero-order valence-corrected chi connectivity index (χ0v) is 16.5. The molecule has 3 aromatic rings. The van der Waals surface area contributed by atoms with Crippen LogP contribution < -0.4 is 16.0 Å². The van der Waals surface area contributed by atoms with Crippen LogP contribution in [0.15, 0.2) is 46.9 Å². The van der Waals surface area contributed by atoms with Crippen molar-refractivity contribution in [1.29, 1.82) is 0 Å². The lowest BCUT2D eigenvalue weighted by molar-refractivity contribution is -0.114. The predicted octanol–water partition coefficient (Wildman–Crippen LogP) is 4.04. The van der Waals surface area contributed by atoms with Crippen LogP contribution in [-0.4, -0.2) is 21.9 Å². The van der Waals surface area contributed by atoms with Gasteiger partial charge in [-0.2, -0.15) is 4.98 Å². The summed E-state index contributed by atoms with van der Waals surface area (Å²) >= 11 is 5.17. The summed E-state index contributed by atoms with van der Waals surface area (Å²) in [5, 5.41) is 8.10. The van der Waals surface area contributed by atoms with E-state index in [1.54, 1.807) is 30.3 Å². The van der Waals surface area contributed by atoms with Crippen LogP contribution in [0.25, 0.3) is 11.1 Å². The molecule has 0 aliphatic heterocycles. The number of hydrogen-bond donors (Lipinski definition) is 3. The highest BCUT2D eigenvalue weighted by molar-refractivity contribution is 7.80. The lowest BCUT2D eigenvalue weighted by atomic mass is 10.0. The minimum atomic E-state index is -0.322. The van der Waals surface area contributed by atoms with Crippen molar-refractivity contribution in [1.82, 2.24) is 10.3 Å². The molecule has 0 saturated carbocycles. The van der Waals surface area contributed by atoms with E-state index < -0.39 is 0 Å². The summed E-state index contributed by atoms with van der Waals surface area (Å²) in [6.07, 6.45) is 0. The second-order valence-corrected chi connectivity index (χ2v) is 6.98. The third-order valence-electron chi connectivity index (χ3n) is 4.00. The van der Waals surface area contributed by atoms with Crippen molar-refractivity contribution in [2.45, 2.75) is 26.7 Å². The third-order valence-corrected chi connectivity index (χ3v) is 4.20. The number of fused-ring (bicyclic) bond motifs is 1. The number of amides is 2. The van der Waals surface area contributed by atoms with Gasteiger partial charge in [-0.25, -0.2) is 0 Å². The summed E-state index contributed by atoms with van der Waals surface area (Å²) in [4.78, 5) is 27.7. The number of rotatable bonds is 4. The number of oxazole rings is 1. The molecule has 0 atom stereocenters. The number of anilines is 2. The molecule has 7 nitrogen and oxygen atoms in total. The van der Waals surface area contributed by atoms with Crippen LogP contribution in [0.2, 0.25) is 0 Å². The van der Waals surface area contributed by atoms with Gasteiger partial charge >= 0.3 is 6.01 Å². The highest BCUT2D eigenvalue weighted by atomic mass is 32.1. The first-order valence-corrected chi connectivity index (χ1v) is 9.13. The standard InChI is InChI=1S/C20H20N4O3S/c1-11(2)13-4-6-14(7-5-13)18(26)23-20(28)24-19-22-16-9-8-15(21-12(3)25)10-17(16)27-19/h4-11H,1-3H3,(H,21,25)(H2,22,23,24,26,28). The van der Waals surface area contributed by atoms with Crippen molar-refractivity contribution in [3.63, 3.8) is 0 Å². The van der Waals surface area contributed by atoms with Gasteiger partial charge in [-0.05, 0) is 48.0 Å². The van der Waals surface area contributed by atoms with Crippen molar-refractivity contribution in [2.75, 3.05) is 10.6 Å². The Bertz CT molecular complexity index is 1040. The minimum Gasteiger partial charge on any atom is -0.423 e. The van der Waals surface area contributed by atoms with Crippen molar-refractivity contribution in [3.05, 3.63) is 53.6 Å². The summed E-state index contributed by atoms with van der Waals surface area (Å²) < 4.78 is 5.58. The van der Waals surface area contributed by atoms with E-state index in [4.69, 9.17) is 16.6 Å². The van der Waals surface area contributed by atoms with Gasteiger partial charge in [0.25, 0.3) is 5.91 Å². The molecule has 3 rings (SSSR count). The molecular weight excluding hydrogens is 376 g/mol. The second-order valence-electron chi connectivity index (χ2n) is 6.57. The normalized spacial score (nSPS) is 10.7. The number of thiocarbonyl (C=S) groups is 1. The van der Waals surface area contributed by atoms with Gasteiger partial charge in [0.15, 0.2) is 10.7 Å². The molecular formula is C20H20N4O3S. The smallest absolute Gasteiger partial charge is 0.302 e. The van der Waals surface area contributed by atoms with Crippen molar-refractivity contribution in [3.8, 4) is 0 Å². The maximum Gasteiger partial charge on any atom is 0.302 e. The van der Waals surface area contributed by atoms with Crippen LogP contribution in [0.5, 0.6) is 0 Å². The lowest BCUT2D eigenvalue weighted by Gasteiger charge is -2.08. The Morgan fingerprint density at radius 3 is 2.43 bits per heavy atom. The molecule has 0 unspecified atom stereocenters. The fourth-order valence-corrected chi connectivity index (χ4v) is 2.76. The van der Waals surface area contributed by atoms with Crippen molar-refractivity contribution < 1.29 is 14.0 Å². The first-order chi connectivity index (χ1) is 13.3. The average Bonchev–Trinajstić information content (AvgIpc) is 3.02. The zero-order chi connectivity index (χ0) is 20.3. The number of carbonyl (C=O) groups excluding carboxylic acids is 2. The molecule has 3 N–H and O–H groups in total. The Kier molecular flexibility index (Phi) is 5.70. The number of benzene rings is 2. The van der Waals surface area contributed by atoms with Gasteiger partial charge in [0, 0.05) is 24.2 Å². The molecule has 1 aromatic heterocycles. The van der Waals surface area contributed by atoms with Crippen molar-refractivity contribution in [2.24, 2.45) is 0 Å². The van der Waals surface area contributed by atoms with Crippen LogP contribution in [0.1, 0.15) is 42.6 Å². The third kappa shape index (κ3) is 4.72. The summed E-state index contributed by atoms with van der Waals surface area (Å²) in [6, 6.07) is 12.6. The number of nitrogens with zero attached hydrogens (tertiary/aromatic N) is 1. The van der Waals surface area contributed by atoms with Crippen molar-refractivity contribution >= 4 is 51.9 Å². The Labute approximate surface area is 167 Å². The average molecular weight is 396 g/mol. The zero-order valence-electron chi connectivity index (χ0n) is 15.7.